The SMILES string of the molecule is Cc1nn(C)c(C)c1CC(=O)NNc1nnc(C)c(=O)[nH]1. The molecule has 0 aromatic carbocycles. The van der Waals surface area contributed by atoms with Crippen molar-refractivity contribution in [3.8, 4) is 0 Å². The zero-order valence-electron chi connectivity index (χ0n) is 12.3. The minimum absolute atomic E-state index is 0.0820. The Labute approximate surface area is 120 Å². The van der Waals surface area contributed by atoms with Crippen LogP contribution >= 0.6 is 0 Å². The van der Waals surface area contributed by atoms with Crippen LogP contribution in [0.1, 0.15) is 22.6 Å². The van der Waals surface area contributed by atoms with Gasteiger partial charge < -0.3 is 0 Å². The van der Waals surface area contributed by atoms with Crippen molar-refractivity contribution < 1.29 is 4.79 Å². The molecule has 0 aliphatic heterocycles. The van der Waals surface area contributed by atoms with Gasteiger partial charge in [0.15, 0.2) is 0 Å². The van der Waals surface area contributed by atoms with E-state index in [0.29, 0.717) is 0 Å². The Morgan fingerprint density at radius 1 is 1.24 bits per heavy atom. The number of aromatic nitrogens is 5. The molecular weight excluding hydrogens is 274 g/mol. The van der Waals surface area contributed by atoms with Crippen molar-refractivity contribution in [2.24, 2.45) is 7.05 Å². The molecule has 21 heavy (non-hydrogen) atoms. The molecule has 0 atom stereocenters. The van der Waals surface area contributed by atoms with E-state index in [0.717, 1.165) is 17.0 Å². The Kier molecular flexibility index (Phi) is 4.01. The Morgan fingerprint density at radius 3 is 2.52 bits per heavy atom. The van der Waals surface area contributed by atoms with E-state index in [-0.39, 0.29) is 29.5 Å². The van der Waals surface area contributed by atoms with Gasteiger partial charge in [0.1, 0.15) is 5.69 Å². The van der Waals surface area contributed by atoms with Crippen molar-refractivity contribution in [2.45, 2.75) is 27.2 Å². The molecule has 3 N–H and O–H groups in total. The molecular formula is C12H17N7O2. The number of amides is 1. The lowest BCUT2D eigenvalue weighted by atomic mass is 10.1. The Hall–Kier alpha value is -2.71. The van der Waals surface area contributed by atoms with Crippen LogP contribution in [0.3, 0.4) is 0 Å². The number of hydrogen-bond acceptors (Lipinski definition) is 6. The second-order valence-corrected chi connectivity index (χ2v) is 4.71. The lowest BCUT2D eigenvalue weighted by Gasteiger charge is -2.07. The summed E-state index contributed by atoms with van der Waals surface area (Å²) in [6.45, 7) is 5.30. The Morgan fingerprint density at radius 2 is 1.95 bits per heavy atom. The molecule has 9 nitrogen and oxygen atoms in total. The van der Waals surface area contributed by atoms with Gasteiger partial charge in [-0.1, -0.05) is 0 Å². The van der Waals surface area contributed by atoms with Gasteiger partial charge in [0.2, 0.25) is 11.9 Å². The van der Waals surface area contributed by atoms with Gasteiger partial charge >= 0.3 is 0 Å². The average Bonchev–Trinajstić information content (AvgIpc) is 2.67. The number of carbonyl (C=O) groups is 1. The maximum Gasteiger partial charge on any atom is 0.274 e. The minimum atomic E-state index is -0.360. The molecule has 0 aliphatic rings. The summed E-state index contributed by atoms with van der Waals surface area (Å²) in [5.74, 6) is -0.184. The van der Waals surface area contributed by atoms with Gasteiger partial charge in [0.25, 0.3) is 5.56 Å². The van der Waals surface area contributed by atoms with Crippen molar-refractivity contribution in [2.75, 3.05) is 5.43 Å². The van der Waals surface area contributed by atoms with E-state index < -0.39 is 0 Å². The van der Waals surface area contributed by atoms with Gasteiger partial charge in [-0.2, -0.15) is 5.10 Å². The molecule has 0 saturated heterocycles. The van der Waals surface area contributed by atoms with E-state index in [1.807, 2.05) is 20.9 Å². The number of aromatic amines is 1. The van der Waals surface area contributed by atoms with E-state index in [1.165, 1.54) is 0 Å². The third-order valence-electron chi connectivity index (χ3n) is 3.18. The number of H-pyrrole nitrogens is 1. The van der Waals surface area contributed by atoms with Crippen molar-refractivity contribution in [1.29, 1.82) is 0 Å². The molecule has 2 aromatic rings. The molecule has 9 heteroatoms. The first-order chi connectivity index (χ1) is 9.88. The normalized spacial score (nSPS) is 10.5. The van der Waals surface area contributed by atoms with Gasteiger partial charge in [-0.25, -0.2) is 0 Å². The first kappa shape index (κ1) is 14.7. The van der Waals surface area contributed by atoms with Gasteiger partial charge in [-0.15, -0.1) is 10.2 Å². The monoisotopic (exact) mass is 291 g/mol. The van der Waals surface area contributed by atoms with Crippen LogP contribution in [0.25, 0.3) is 0 Å². The molecule has 1 amide bonds. The summed E-state index contributed by atoms with van der Waals surface area (Å²) in [6, 6.07) is 0. The molecule has 2 aromatic heterocycles. The second kappa shape index (κ2) is 5.73. The van der Waals surface area contributed by atoms with Crippen LogP contribution in [0.4, 0.5) is 5.95 Å². The summed E-state index contributed by atoms with van der Waals surface area (Å²) >= 11 is 0. The fourth-order valence-corrected chi connectivity index (χ4v) is 1.86. The van der Waals surface area contributed by atoms with E-state index in [1.54, 1.807) is 11.6 Å². The quantitative estimate of drug-likeness (QED) is 0.654. The van der Waals surface area contributed by atoms with Crippen LogP contribution in [0.15, 0.2) is 4.79 Å². The molecule has 0 bridgehead atoms. The average molecular weight is 291 g/mol. The number of aryl methyl sites for hydroxylation is 3. The standard InChI is InChI=1S/C12H17N7O2/c1-6-9(8(3)19(4)18-6)5-10(20)15-17-12-13-11(21)7(2)14-16-12/h5H2,1-4H3,(H,15,20)(H2,13,16,17,21). The predicted octanol–water partition coefficient (Wildman–Crippen LogP) is -0.491. The Balaban J connectivity index is 1.99. The highest BCUT2D eigenvalue weighted by atomic mass is 16.2. The van der Waals surface area contributed by atoms with Gasteiger partial charge in [-0.3, -0.25) is 30.1 Å². The highest BCUT2D eigenvalue weighted by molar-refractivity contribution is 5.79. The summed E-state index contributed by atoms with van der Waals surface area (Å²) in [6.07, 6.45) is 0.183. The third kappa shape index (κ3) is 3.25. The van der Waals surface area contributed by atoms with Crippen molar-refractivity contribution in [3.63, 3.8) is 0 Å². The number of anilines is 1. The smallest absolute Gasteiger partial charge is 0.274 e. The molecule has 112 valence electrons. The van der Waals surface area contributed by atoms with Crippen LogP contribution in [0, 0.1) is 20.8 Å². The summed E-state index contributed by atoms with van der Waals surface area (Å²) in [5.41, 5.74) is 7.50. The van der Waals surface area contributed by atoms with Gasteiger partial charge in [0, 0.05) is 18.3 Å². The molecule has 0 unspecified atom stereocenters. The van der Waals surface area contributed by atoms with Gasteiger partial charge in [-0.05, 0) is 20.8 Å². The van der Waals surface area contributed by atoms with Crippen molar-refractivity contribution in [1.82, 2.24) is 30.4 Å². The number of nitrogens with zero attached hydrogens (tertiary/aromatic N) is 4. The Bertz CT molecular complexity index is 732. The maximum absolute atomic E-state index is 11.9. The molecule has 0 saturated carbocycles. The second-order valence-electron chi connectivity index (χ2n) is 4.71. The largest absolute Gasteiger partial charge is 0.288 e. The van der Waals surface area contributed by atoms with Crippen molar-refractivity contribution in [3.05, 3.63) is 33.0 Å². The summed E-state index contributed by atoms with van der Waals surface area (Å²) in [4.78, 5) is 25.7. The summed E-state index contributed by atoms with van der Waals surface area (Å²) in [7, 11) is 1.83. The van der Waals surface area contributed by atoms with E-state index in [9.17, 15) is 9.59 Å². The summed E-state index contributed by atoms with van der Waals surface area (Å²) < 4.78 is 1.73. The molecule has 0 radical (unpaired) electrons. The molecule has 0 spiro atoms. The van der Waals surface area contributed by atoms with E-state index in [2.05, 4.69) is 31.1 Å². The maximum atomic E-state index is 11.9. The van der Waals surface area contributed by atoms with Crippen LogP contribution in [0.5, 0.6) is 0 Å². The molecule has 0 fully saturated rings. The van der Waals surface area contributed by atoms with E-state index >= 15 is 0 Å². The lowest BCUT2D eigenvalue weighted by molar-refractivity contribution is -0.120. The van der Waals surface area contributed by atoms with Crippen LogP contribution in [-0.4, -0.2) is 30.9 Å². The van der Waals surface area contributed by atoms with Crippen LogP contribution < -0.4 is 16.4 Å². The number of nitrogens with one attached hydrogen (secondary N) is 3. The molecule has 2 rings (SSSR count). The van der Waals surface area contributed by atoms with Crippen LogP contribution in [-0.2, 0) is 18.3 Å². The predicted molar refractivity (Wildman–Crippen MR) is 75.5 cm³/mol. The zero-order chi connectivity index (χ0) is 15.6. The first-order valence-electron chi connectivity index (χ1n) is 6.36. The van der Waals surface area contributed by atoms with Gasteiger partial charge in [0.05, 0.1) is 12.1 Å². The highest BCUT2D eigenvalue weighted by Crippen LogP contribution is 2.12. The highest BCUT2D eigenvalue weighted by Gasteiger charge is 2.13. The van der Waals surface area contributed by atoms with Crippen molar-refractivity contribution >= 4 is 11.9 Å². The summed E-state index contributed by atoms with van der Waals surface area (Å²) in [5, 5.41) is 11.6. The number of carbonyl (C=O) groups excluding carboxylic acids is 1. The topological polar surface area (TPSA) is 118 Å². The van der Waals surface area contributed by atoms with Crippen LogP contribution in [0.2, 0.25) is 0 Å². The fourth-order valence-electron chi connectivity index (χ4n) is 1.86. The van der Waals surface area contributed by atoms with E-state index in [4.69, 9.17) is 0 Å². The third-order valence-corrected chi connectivity index (χ3v) is 3.18. The number of hydrogen-bond donors (Lipinski definition) is 3. The number of hydrazine groups is 1. The lowest BCUT2D eigenvalue weighted by Crippen LogP contribution is -2.33. The molecule has 0 aliphatic carbocycles. The zero-order valence-corrected chi connectivity index (χ0v) is 12.3. The molecule has 2 heterocycles. The first-order valence-corrected chi connectivity index (χ1v) is 6.36. The fraction of sp³-hybridized carbons (Fsp3) is 0.417. The minimum Gasteiger partial charge on any atom is -0.288 e. The number of rotatable bonds is 4.